The summed E-state index contributed by atoms with van der Waals surface area (Å²) in [6, 6.07) is 9.39. The van der Waals surface area contributed by atoms with E-state index in [-0.39, 0.29) is 0 Å². The molecule has 20 heavy (non-hydrogen) atoms. The largest absolute Gasteiger partial charge is 0.321 e. The lowest BCUT2D eigenvalue weighted by Gasteiger charge is -2.06. The van der Waals surface area contributed by atoms with E-state index in [2.05, 4.69) is 21.0 Å². The van der Waals surface area contributed by atoms with Gasteiger partial charge in [0.15, 0.2) is 0 Å². The fourth-order valence-corrected chi connectivity index (χ4v) is 2.30. The Bertz CT molecular complexity index is 788. The van der Waals surface area contributed by atoms with Crippen molar-refractivity contribution in [3.8, 4) is 6.07 Å². The Morgan fingerprint density at radius 2 is 2.20 bits per heavy atom. The highest BCUT2D eigenvalue weighted by Gasteiger charge is 2.11. The zero-order valence-electron chi connectivity index (χ0n) is 10.5. The number of hydrogen-bond acceptors (Lipinski definition) is 4. The lowest BCUT2D eigenvalue weighted by molar-refractivity contribution is 0.754. The van der Waals surface area contributed by atoms with E-state index in [0.29, 0.717) is 18.0 Å². The van der Waals surface area contributed by atoms with Gasteiger partial charge < -0.3 is 4.57 Å². The van der Waals surface area contributed by atoms with Crippen molar-refractivity contribution in [2.75, 3.05) is 0 Å². The molecule has 0 aliphatic heterocycles. The zero-order chi connectivity index (χ0) is 13.9. The van der Waals surface area contributed by atoms with Gasteiger partial charge in [-0.15, -0.1) is 11.6 Å². The van der Waals surface area contributed by atoms with Gasteiger partial charge in [0, 0.05) is 6.20 Å². The fourth-order valence-electron chi connectivity index (χ4n) is 2.09. The highest BCUT2D eigenvalue weighted by Crippen LogP contribution is 2.20. The minimum absolute atomic E-state index is 0.307. The monoisotopic (exact) mass is 283 g/mol. The predicted molar refractivity (Wildman–Crippen MR) is 75.1 cm³/mol. The first-order chi connectivity index (χ1) is 9.81. The number of nitriles is 1. The fraction of sp³-hybridized carbons (Fsp3) is 0.143. The van der Waals surface area contributed by atoms with Gasteiger partial charge in [-0.05, 0) is 24.3 Å². The average Bonchev–Trinajstić information content (AvgIpc) is 2.85. The molecule has 0 radical (unpaired) electrons. The Labute approximate surface area is 120 Å². The molecular weight excluding hydrogens is 274 g/mol. The van der Waals surface area contributed by atoms with Gasteiger partial charge in [-0.1, -0.05) is 0 Å². The van der Waals surface area contributed by atoms with Gasteiger partial charge in [0.1, 0.15) is 12.2 Å². The molecule has 0 saturated heterocycles. The molecule has 0 aliphatic rings. The summed E-state index contributed by atoms with van der Waals surface area (Å²) in [4.78, 5) is 12.6. The normalized spacial score (nSPS) is 10.6. The van der Waals surface area contributed by atoms with Crippen LogP contribution in [0.1, 0.15) is 17.1 Å². The second kappa shape index (κ2) is 5.27. The molecule has 2 aromatic heterocycles. The van der Waals surface area contributed by atoms with Crippen molar-refractivity contribution in [2.45, 2.75) is 12.4 Å². The molecule has 0 unspecified atom stereocenters. The van der Waals surface area contributed by atoms with Crippen LogP contribution in [0.15, 0.2) is 36.8 Å². The van der Waals surface area contributed by atoms with Crippen LogP contribution in [0.5, 0.6) is 0 Å². The van der Waals surface area contributed by atoms with Gasteiger partial charge in [-0.2, -0.15) is 5.26 Å². The number of imidazole rings is 1. The summed E-state index contributed by atoms with van der Waals surface area (Å²) in [5.74, 6) is 1.07. The molecule has 0 atom stereocenters. The van der Waals surface area contributed by atoms with E-state index in [4.69, 9.17) is 16.9 Å². The van der Waals surface area contributed by atoms with Crippen molar-refractivity contribution in [3.63, 3.8) is 0 Å². The molecule has 3 aromatic rings. The third-order valence-electron chi connectivity index (χ3n) is 3.04. The van der Waals surface area contributed by atoms with Crippen molar-refractivity contribution in [1.82, 2.24) is 19.5 Å². The van der Waals surface area contributed by atoms with Crippen LogP contribution in [0, 0.1) is 11.3 Å². The van der Waals surface area contributed by atoms with Crippen LogP contribution in [0.2, 0.25) is 0 Å². The summed E-state index contributed by atoms with van der Waals surface area (Å²) < 4.78 is 1.98. The van der Waals surface area contributed by atoms with E-state index in [1.165, 1.54) is 6.33 Å². The highest BCUT2D eigenvalue weighted by molar-refractivity contribution is 6.16. The molecule has 0 spiro atoms. The summed E-state index contributed by atoms with van der Waals surface area (Å²) in [5, 5.41) is 9.02. The standard InChI is InChI=1S/C14H10ClN5/c15-6-14-19-12-2-1-10(7-16)5-13(12)20(14)8-11-3-4-17-9-18-11/h1-5,9H,6,8H2. The Morgan fingerprint density at radius 1 is 1.30 bits per heavy atom. The molecule has 98 valence electrons. The Hall–Kier alpha value is -2.45. The van der Waals surface area contributed by atoms with Crippen molar-refractivity contribution in [3.05, 3.63) is 53.9 Å². The number of rotatable bonds is 3. The van der Waals surface area contributed by atoms with Crippen LogP contribution in [0.25, 0.3) is 11.0 Å². The molecule has 1 aromatic carbocycles. The van der Waals surface area contributed by atoms with Gasteiger partial charge in [-0.3, -0.25) is 0 Å². The topological polar surface area (TPSA) is 67.4 Å². The summed E-state index contributed by atoms with van der Waals surface area (Å²) in [6.07, 6.45) is 3.21. The zero-order valence-corrected chi connectivity index (χ0v) is 11.2. The molecule has 0 fully saturated rings. The van der Waals surface area contributed by atoms with E-state index in [1.54, 1.807) is 12.3 Å². The summed E-state index contributed by atoms with van der Waals surface area (Å²) in [7, 11) is 0. The molecule has 0 aliphatic carbocycles. The molecule has 0 N–H and O–H groups in total. The van der Waals surface area contributed by atoms with E-state index < -0.39 is 0 Å². The van der Waals surface area contributed by atoms with Crippen LogP contribution in [0.3, 0.4) is 0 Å². The lowest BCUT2D eigenvalue weighted by Crippen LogP contribution is -2.05. The Balaban J connectivity index is 2.14. The van der Waals surface area contributed by atoms with E-state index in [9.17, 15) is 0 Å². The van der Waals surface area contributed by atoms with E-state index >= 15 is 0 Å². The van der Waals surface area contributed by atoms with Crippen LogP contribution in [-0.2, 0) is 12.4 Å². The summed E-state index contributed by atoms with van der Waals surface area (Å²) in [5.41, 5.74) is 3.18. The van der Waals surface area contributed by atoms with Gasteiger partial charge in [0.25, 0.3) is 0 Å². The number of aromatic nitrogens is 4. The van der Waals surface area contributed by atoms with Gasteiger partial charge in [0.05, 0.1) is 40.8 Å². The minimum atomic E-state index is 0.307. The first-order valence-electron chi connectivity index (χ1n) is 6.02. The quantitative estimate of drug-likeness (QED) is 0.693. The van der Waals surface area contributed by atoms with Crippen LogP contribution < -0.4 is 0 Å². The van der Waals surface area contributed by atoms with Crippen LogP contribution >= 0.6 is 11.6 Å². The molecule has 2 heterocycles. The number of benzene rings is 1. The van der Waals surface area contributed by atoms with E-state index in [0.717, 1.165) is 22.6 Å². The maximum atomic E-state index is 9.02. The predicted octanol–water partition coefficient (Wildman–Crippen LogP) is 2.49. The van der Waals surface area contributed by atoms with Crippen LogP contribution in [-0.4, -0.2) is 19.5 Å². The molecule has 5 nitrogen and oxygen atoms in total. The Morgan fingerprint density at radius 3 is 2.90 bits per heavy atom. The molecule has 3 rings (SSSR count). The average molecular weight is 284 g/mol. The molecule has 0 saturated carbocycles. The molecule has 0 bridgehead atoms. The molecular formula is C14H10ClN5. The number of hydrogen-bond donors (Lipinski definition) is 0. The highest BCUT2D eigenvalue weighted by atomic mass is 35.5. The second-order valence-corrected chi connectivity index (χ2v) is 4.53. The second-order valence-electron chi connectivity index (χ2n) is 4.26. The van der Waals surface area contributed by atoms with Crippen molar-refractivity contribution in [2.24, 2.45) is 0 Å². The van der Waals surface area contributed by atoms with E-state index in [1.807, 2.05) is 22.8 Å². The van der Waals surface area contributed by atoms with Gasteiger partial charge in [-0.25, -0.2) is 15.0 Å². The van der Waals surface area contributed by atoms with Crippen molar-refractivity contribution < 1.29 is 0 Å². The number of halogens is 1. The van der Waals surface area contributed by atoms with Gasteiger partial charge >= 0.3 is 0 Å². The van der Waals surface area contributed by atoms with Crippen molar-refractivity contribution >= 4 is 22.6 Å². The molecule has 6 heteroatoms. The minimum Gasteiger partial charge on any atom is -0.321 e. The van der Waals surface area contributed by atoms with Crippen LogP contribution in [0.4, 0.5) is 0 Å². The number of fused-ring (bicyclic) bond motifs is 1. The third kappa shape index (κ3) is 2.22. The maximum Gasteiger partial charge on any atom is 0.125 e. The number of alkyl halides is 1. The summed E-state index contributed by atoms with van der Waals surface area (Å²) >= 11 is 5.96. The summed E-state index contributed by atoms with van der Waals surface area (Å²) in [6.45, 7) is 0.552. The first kappa shape index (κ1) is 12.6. The molecule has 0 amide bonds. The first-order valence-corrected chi connectivity index (χ1v) is 6.55. The maximum absolute atomic E-state index is 9.02. The van der Waals surface area contributed by atoms with Gasteiger partial charge in [0.2, 0.25) is 0 Å². The SMILES string of the molecule is N#Cc1ccc2nc(CCl)n(Cc3ccncn3)c2c1. The Kier molecular flexibility index (Phi) is 3.32. The number of nitrogens with zero attached hydrogens (tertiary/aromatic N) is 5. The lowest BCUT2D eigenvalue weighted by atomic mass is 10.2. The van der Waals surface area contributed by atoms with Crippen molar-refractivity contribution in [1.29, 1.82) is 5.26 Å². The smallest absolute Gasteiger partial charge is 0.125 e. The third-order valence-corrected chi connectivity index (χ3v) is 3.28.